The van der Waals surface area contributed by atoms with E-state index in [1.165, 1.54) is 6.07 Å². The van der Waals surface area contributed by atoms with Crippen molar-refractivity contribution in [2.45, 2.75) is 25.6 Å². The summed E-state index contributed by atoms with van der Waals surface area (Å²) >= 11 is 0. The summed E-state index contributed by atoms with van der Waals surface area (Å²) in [6, 6.07) is 8.55. The topological polar surface area (TPSA) is 88.5 Å². The first-order valence-electron chi connectivity index (χ1n) is 7.89. The molecule has 0 radical (unpaired) electrons. The van der Waals surface area contributed by atoms with Gasteiger partial charge in [-0.05, 0) is 24.1 Å². The van der Waals surface area contributed by atoms with Crippen LogP contribution >= 0.6 is 0 Å². The highest BCUT2D eigenvalue weighted by Gasteiger charge is 2.29. The summed E-state index contributed by atoms with van der Waals surface area (Å²) in [7, 11) is 0. The van der Waals surface area contributed by atoms with Gasteiger partial charge in [0.1, 0.15) is 0 Å². The molecule has 0 aliphatic rings. The molecule has 144 valence electrons. The molecule has 0 fully saturated rings. The SMILES string of the molecule is Cc1ccccc1C(CC(=O)O)NC(=O)c1ccnc(OCC(F)(F)F)c1. The van der Waals surface area contributed by atoms with Gasteiger partial charge in [-0.15, -0.1) is 0 Å². The molecule has 1 atom stereocenters. The monoisotopic (exact) mass is 382 g/mol. The van der Waals surface area contributed by atoms with Crippen LogP contribution in [0.5, 0.6) is 5.88 Å². The number of hydrogen-bond donors (Lipinski definition) is 2. The summed E-state index contributed by atoms with van der Waals surface area (Å²) in [5, 5.41) is 11.7. The first-order chi connectivity index (χ1) is 12.7. The highest BCUT2D eigenvalue weighted by Crippen LogP contribution is 2.22. The Balaban J connectivity index is 2.17. The number of ether oxygens (including phenoxy) is 1. The number of carboxylic acids is 1. The van der Waals surface area contributed by atoms with Gasteiger partial charge in [0.25, 0.3) is 5.91 Å². The number of rotatable bonds is 7. The van der Waals surface area contributed by atoms with Crippen molar-refractivity contribution < 1.29 is 32.6 Å². The number of carboxylic acid groups (broad SMARTS) is 1. The molecule has 9 heteroatoms. The third-order valence-corrected chi connectivity index (χ3v) is 3.63. The third-order valence-electron chi connectivity index (χ3n) is 3.63. The first-order valence-corrected chi connectivity index (χ1v) is 7.89. The molecule has 27 heavy (non-hydrogen) atoms. The molecule has 6 nitrogen and oxygen atoms in total. The van der Waals surface area contributed by atoms with E-state index in [1.807, 2.05) is 0 Å². The van der Waals surface area contributed by atoms with Gasteiger partial charge >= 0.3 is 12.1 Å². The quantitative estimate of drug-likeness (QED) is 0.767. The minimum Gasteiger partial charge on any atom is -0.481 e. The maximum absolute atomic E-state index is 12.5. The molecule has 1 unspecified atom stereocenters. The summed E-state index contributed by atoms with van der Waals surface area (Å²) in [4.78, 5) is 27.3. The van der Waals surface area contributed by atoms with E-state index in [0.717, 1.165) is 17.8 Å². The Morgan fingerprint density at radius 2 is 1.96 bits per heavy atom. The van der Waals surface area contributed by atoms with Crippen molar-refractivity contribution in [2.24, 2.45) is 0 Å². The minimum absolute atomic E-state index is 0.00569. The predicted octanol–water partition coefficient (Wildman–Crippen LogP) is 3.28. The van der Waals surface area contributed by atoms with E-state index in [4.69, 9.17) is 5.11 Å². The van der Waals surface area contributed by atoms with E-state index in [2.05, 4.69) is 15.0 Å². The summed E-state index contributed by atoms with van der Waals surface area (Å²) in [6.07, 6.45) is -3.74. The molecule has 0 bridgehead atoms. The van der Waals surface area contributed by atoms with E-state index < -0.39 is 30.7 Å². The number of halogens is 3. The number of amides is 1. The molecular weight excluding hydrogens is 365 g/mol. The number of nitrogens with one attached hydrogen (secondary N) is 1. The van der Waals surface area contributed by atoms with Gasteiger partial charge in [0.15, 0.2) is 6.61 Å². The van der Waals surface area contributed by atoms with Gasteiger partial charge in [0.05, 0.1) is 12.5 Å². The molecule has 2 N–H and O–H groups in total. The van der Waals surface area contributed by atoms with E-state index in [1.54, 1.807) is 31.2 Å². The molecule has 0 saturated heterocycles. The molecule has 2 rings (SSSR count). The van der Waals surface area contributed by atoms with Gasteiger partial charge < -0.3 is 15.2 Å². The van der Waals surface area contributed by atoms with Crippen molar-refractivity contribution in [3.63, 3.8) is 0 Å². The van der Waals surface area contributed by atoms with Crippen LogP contribution in [0.3, 0.4) is 0 Å². The summed E-state index contributed by atoms with van der Waals surface area (Å²) in [6.45, 7) is 0.252. The number of carbonyl (C=O) groups excluding carboxylic acids is 1. The smallest absolute Gasteiger partial charge is 0.422 e. The Hall–Kier alpha value is -3.10. The zero-order chi connectivity index (χ0) is 20.0. The van der Waals surface area contributed by atoms with Crippen LogP contribution in [0, 0.1) is 6.92 Å². The van der Waals surface area contributed by atoms with Crippen molar-refractivity contribution in [1.29, 1.82) is 0 Å². The van der Waals surface area contributed by atoms with Crippen LogP contribution in [-0.2, 0) is 4.79 Å². The Kier molecular flexibility index (Phi) is 6.38. The van der Waals surface area contributed by atoms with Gasteiger partial charge in [0.2, 0.25) is 5.88 Å². The number of pyridine rings is 1. The van der Waals surface area contributed by atoms with Crippen LogP contribution in [0.2, 0.25) is 0 Å². The number of hydrogen-bond acceptors (Lipinski definition) is 4. The van der Waals surface area contributed by atoms with Crippen LogP contribution < -0.4 is 10.1 Å². The molecular formula is C18H17F3N2O4. The largest absolute Gasteiger partial charge is 0.481 e. The molecule has 1 aromatic carbocycles. The lowest BCUT2D eigenvalue weighted by Crippen LogP contribution is -2.30. The van der Waals surface area contributed by atoms with Crippen molar-refractivity contribution in [3.8, 4) is 5.88 Å². The number of carbonyl (C=O) groups is 2. The average Bonchev–Trinajstić information content (AvgIpc) is 2.59. The van der Waals surface area contributed by atoms with Gasteiger partial charge in [-0.25, -0.2) is 4.98 Å². The normalized spacial score (nSPS) is 12.3. The van der Waals surface area contributed by atoms with Crippen molar-refractivity contribution in [3.05, 3.63) is 59.3 Å². The predicted molar refractivity (Wildman–Crippen MR) is 89.4 cm³/mol. The molecule has 0 aliphatic heterocycles. The zero-order valence-electron chi connectivity index (χ0n) is 14.3. The van der Waals surface area contributed by atoms with Crippen LogP contribution in [0.4, 0.5) is 13.2 Å². The number of alkyl halides is 3. The molecule has 1 amide bonds. The Morgan fingerprint density at radius 1 is 1.26 bits per heavy atom. The lowest BCUT2D eigenvalue weighted by Gasteiger charge is -2.19. The number of aromatic nitrogens is 1. The van der Waals surface area contributed by atoms with Crippen LogP contribution in [0.25, 0.3) is 0 Å². The highest BCUT2D eigenvalue weighted by molar-refractivity contribution is 5.94. The van der Waals surface area contributed by atoms with Gasteiger partial charge in [-0.3, -0.25) is 9.59 Å². The zero-order valence-corrected chi connectivity index (χ0v) is 14.3. The van der Waals surface area contributed by atoms with E-state index in [9.17, 15) is 22.8 Å². The molecule has 2 aromatic rings. The standard InChI is InChI=1S/C18H17F3N2O4/c1-11-4-2-3-5-13(11)14(9-16(24)25)23-17(26)12-6-7-22-15(8-12)27-10-18(19,20)21/h2-8,14H,9-10H2,1H3,(H,23,26)(H,24,25). The lowest BCUT2D eigenvalue weighted by atomic mass is 9.98. The molecule has 1 aromatic heterocycles. The fourth-order valence-electron chi connectivity index (χ4n) is 2.42. The number of aryl methyl sites for hydroxylation is 1. The molecule has 1 heterocycles. The summed E-state index contributed by atoms with van der Waals surface area (Å²) in [5.74, 6) is -2.11. The second-order valence-corrected chi connectivity index (χ2v) is 5.77. The second-order valence-electron chi connectivity index (χ2n) is 5.77. The maximum Gasteiger partial charge on any atom is 0.422 e. The fourth-order valence-corrected chi connectivity index (χ4v) is 2.42. The number of nitrogens with zero attached hydrogens (tertiary/aromatic N) is 1. The van der Waals surface area contributed by atoms with Crippen molar-refractivity contribution in [2.75, 3.05) is 6.61 Å². The van der Waals surface area contributed by atoms with Gasteiger partial charge in [-0.1, -0.05) is 24.3 Å². The number of benzene rings is 1. The highest BCUT2D eigenvalue weighted by atomic mass is 19.4. The van der Waals surface area contributed by atoms with E-state index in [-0.39, 0.29) is 17.9 Å². The van der Waals surface area contributed by atoms with Gasteiger partial charge in [-0.2, -0.15) is 13.2 Å². The van der Waals surface area contributed by atoms with E-state index in [0.29, 0.717) is 5.56 Å². The van der Waals surface area contributed by atoms with Crippen LogP contribution in [0.15, 0.2) is 42.6 Å². The Morgan fingerprint density at radius 3 is 2.59 bits per heavy atom. The Bertz CT molecular complexity index is 824. The first kappa shape index (κ1) is 20.2. The van der Waals surface area contributed by atoms with E-state index >= 15 is 0 Å². The average molecular weight is 382 g/mol. The number of aliphatic carboxylic acids is 1. The van der Waals surface area contributed by atoms with Crippen LogP contribution in [-0.4, -0.2) is 34.8 Å². The summed E-state index contributed by atoms with van der Waals surface area (Å²) < 4.78 is 41.2. The fraction of sp³-hybridized carbons (Fsp3) is 0.278. The summed E-state index contributed by atoms with van der Waals surface area (Å²) in [5.41, 5.74) is 1.44. The molecule has 0 spiro atoms. The lowest BCUT2D eigenvalue weighted by molar-refractivity contribution is -0.154. The third kappa shape index (κ3) is 6.28. The minimum atomic E-state index is -4.53. The molecule has 0 aliphatic carbocycles. The molecule has 0 saturated carbocycles. The van der Waals surface area contributed by atoms with Crippen molar-refractivity contribution in [1.82, 2.24) is 10.3 Å². The van der Waals surface area contributed by atoms with Crippen LogP contribution in [0.1, 0.15) is 33.9 Å². The van der Waals surface area contributed by atoms with Crippen molar-refractivity contribution >= 4 is 11.9 Å². The second kappa shape index (κ2) is 8.52. The maximum atomic E-state index is 12.5. The van der Waals surface area contributed by atoms with Gasteiger partial charge in [0, 0.05) is 17.8 Å². The Labute approximate surface area is 153 Å².